The summed E-state index contributed by atoms with van der Waals surface area (Å²) in [5.74, 6) is 0. The van der Waals surface area contributed by atoms with Crippen molar-refractivity contribution in [1.82, 2.24) is 5.32 Å². The number of carbonyl (C=O) groups is 1. The monoisotopic (exact) mass is 290 g/mol. The molecule has 19 heavy (non-hydrogen) atoms. The van der Waals surface area contributed by atoms with Crippen LogP contribution in [0.1, 0.15) is 5.56 Å². The molecule has 2 rings (SSSR count). The van der Waals surface area contributed by atoms with E-state index >= 15 is 0 Å². The molecule has 3 nitrogen and oxygen atoms in total. The lowest BCUT2D eigenvalue weighted by Crippen LogP contribution is -2.33. The molecule has 0 unspecified atom stereocenters. The van der Waals surface area contributed by atoms with Crippen LogP contribution in [0, 0.1) is 0 Å². The minimum Gasteiger partial charge on any atom is -0.308 e. The molecule has 0 atom stereocenters. The zero-order valence-electron chi connectivity index (χ0n) is 9.89. The van der Waals surface area contributed by atoms with E-state index in [1.165, 1.54) is 0 Å². The Labute approximate surface area is 121 Å². The number of hydrogen-bond acceptors (Lipinski definition) is 2. The van der Waals surface area contributed by atoms with Gasteiger partial charge in [0.15, 0.2) is 0 Å². The zero-order valence-corrected chi connectivity index (χ0v) is 11.5. The second-order valence-corrected chi connectivity index (χ2v) is 4.63. The lowest BCUT2D eigenvalue weighted by molar-refractivity contribution is 0.256. The summed E-state index contributed by atoms with van der Waals surface area (Å²) in [6.45, 7) is 0. The maximum absolute atomic E-state index is 11.7. The Bertz CT molecular complexity index is 601. The normalized spacial score (nSPS) is 9.74. The van der Waals surface area contributed by atoms with E-state index in [1.54, 1.807) is 36.4 Å². The molecule has 0 saturated carbocycles. The molecular weight excluding hydrogens is 280 g/mol. The predicted molar refractivity (Wildman–Crippen MR) is 81.7 cm³/mol. The van der Waals surface area contributed by atoms with E-state index < -0.39 is 0 Å². The lowest BCUT2D eigenvalue weighted by Gasteiger charge is -2.08. The molecule has 2 N–H and O–H groups in total. The third-order valence-electron chi connectivity index (χ3n) is 2.35. The first-order chi connectivity index (χ1) is 9.15. The van der Waals surface area contributed by atoms with Crippen molar-refractivity contribution in [3.8, 4) is 0 Å². The number of para-hydroxylation sites is 1. The summed E-state index contributed by atoms with van der Waals surface area (Å²) < 4.78 is 0. The maximum atomic E-state index is 11.7. The van der Waals surface area contributed by atoms with Crippen molar-refractivity contribution in [2.45, 2.75) is 0 Å². The van der Waals surface area contributed by atoms with Crippen LogP contribution in [0.3, 0.4) is 0 Å². The Balaban J connectivity index is 1.98. The molecule has 0 spiro atoms. The smallest absolute Gasteiger partial charge is 0.308 e. The van der Waals surface area contributed by atoms with Crippen molar-refractivity contribution < 1.29 is 4.79 Å². The summed E-state index contributed by atoms with van der Waals surface area (Å²) in [4.78, 5) is 12.1. The number of amides is 2. The van der Waals surface area contributed by atoms with Crippen LogP contribution < -0.4 is 10.6 Å². The fourth-order valence-corrected chi connectivity index (χ4v) is 1.90. The topological polar surface area (TPSA) is 41.1 Å². The van der Waals surface area contributed by atoms with Gasteiger partial charge in [-0.25, -0.2) is 4.79 Å². The van der Waals surface area contributed by atoms with Crippen LogP contribution in [0.15, 0.2) is 54.6 Å². The van der Waals surface area contributed by atoms with Crippen LogP contribution in [0.5, 0.6) is 0 Å². The summed E-state index contributed by atoms with van der Waals surface area (Å²) in [5.41, 5.74) is 1.40. The Morgan fingerprint density at radius 1 is 1.05 bits per heavy atom. The number of nitrogens with one attached hydrogen (secondary N) is 2. The molecule has 0 saturated heterocycles. The standard InChI is InChI=1S/C14H11ClN2OS/c15-11-6-4-5-10(9-11)13(19)17-14(18)16-12-7-2-1-3-8-12/h1-9H,(H2,16,17,18,19). The van der Waals surface area contributed by atoms with Gasteiger partial charge >= 0.3 is 6.03 Å². The summed E-state index contributed by atoms with van der Waals surface area (Å²) >= 11 is 11.0. The molecule has 0 aliphatic rings. The third-order valence-corrected chi connectivity index (χ3v) is 2.92. The van der Waals surface area contributed by atoms with Crippen molar-refractivity contribution in [2.24, 2.45) is 0 Å². The quantitative estimate of drug-likeness (QED) is 0.825. The van der Waals surface area contributed by atoms with E-state index in [1.807, 2.05) is 18.2 Å². The fraction of sp³-hybridized carbons (Fsp3) is 0. The number of thiocarbonyl (C=S) groups is 1. The summed E-state index contributed by atoms with van der Waals surface area (Å²) in [5, 5.41) is 5.86. The highest BCUT2D eigenvalue weighted by molar-refractivity contribution is 7.80. The first-order valence-corrected chi connectivity index (χ1v) is 6.37. The number of rotatable bonds is 2. The van der Waals surface area contributed by atoms with Gasteiger partial charge in [-0.2, -0.15) is 0 Å². The van der Waals surface area contributed by atoms with Crippen LogP contribution in [0.25, 0.3) is 0 Å². The fourth-order valence-electron chi connectivity index (χ4n) is 1.49. The molecule has 0 heterocycles. The van der Waals surface area contributed by atoms with Crippen LogP contribution in [-0.4, -0.2) is 11.0 Å². The number of hydrogen-bond donors (Lipinski definition) is 2. The minimum absolute atomic E-state index is 0.330. The van der Waals surface area contributed by atoms with Crippen molar-refractivity contribution in [3.63, 3.8) is 0 Å². The molecule has 2 amide bonds. The molecule has 0 aliphatic heterocycles. The molecule has 0 aromatic heterocycles. The first-order valence-electron chi connectivity index (χ1n) is 5.58. The predicted octanol–water partition coefficient (Wildman–Crippen LogP) is 3.84. The van der Waals surface area contributed by atoms with Gasteiger partial charge in [-0.05, 0) is 24.3 Å². The van der Waals surface area contributed by atoms with Crippen molar-refractivity contribution in [3.05, 3.63) is 65.2 Å². The lowest BCUT2D eigenvalue weighted by atomic mass is 10.2. The molecular formula is C14H11ClN2OS. The highest BCUT2D eigenvalue weighted by Crippen LogP contribution is 2.11. The van der Waals surface area contributed by atoms with Crippen LogP contribution in [-0.2, 0) is 0 Å². The number of halogens is 1. The Kier molecular flexibility index (Phi) is 4.49. The van der Waals surface area contributed by atoms with Gasteiger partial charge in [-0.3, -0.25) is 5.32 Å². The number of anilines is 1. The highest BCUT2D eigenvalue weighted by Gasteiger charge is 2.06. The van der Waals surface area contributed by atoms with E-state index in [-0.39, 0.29) is 6.03 Å². The van der Waals surface area contributed by atoms with Gasteiger partial charge in [0.05, 0.1) is 0 Å². The first kappa shape index (κ1) is 13.5. The van der Waals surface area contributed by atoms with Gasteiger partial charge in [0.1, 0.15) is 4.99 Å². The van der Waals surface area contributed by atoms with Gasteiger partial charge < -0.3 is 5.32 Å². The van der Waals surface area contributed by atoms with Crippen LogP contribution in [0.4, 0.5) is 10.5 Å². The molecule has 0 fully saturated rings. The summed E-state index contributed by atoms with van der Waals surface area (Å²) in [7, 11) is 0. The second kappa shape index (κ2) is 6.31. The molecule has 2 aromatic carbocycles. The van der Waals surface area contributed by atoms with Crippen molar-refractivity contribution in [2.75, 3.05) is 5.32 Å². The molecule has 0 bridgehead atoms. The van der Waals surface area contributed by atoms with Gasteiger partial charge in [0.25, 0.3) is 0 Å². The second-order valence-electron chi connectivity index (χ2n) is 3.78. The van der Waals surface area contributed by atoms with E-state index in [4.69, 9.17) is 23.8 Å². The largest absolute Gasteiger partial charge is 0.324 e. The van der Waals surface area contributed by atoms with E-state index in [9.17, 15) is 4.79 Å². The molecule has 5 heteroatoms. The SMILES string of the molecule is O=C(NC(=S)c1cccc(Cl)c1)Nc1ccccc1. The van der Waals surface area contributed by atoms with Crippen LogP contribution in [0.2, 0.25) is 5.02 Å². The van der Waals surface area contributed by atoms with Gasteiger partial charge in [-0.15, -0.1) is 0 Å². The Morgan fingerprint density at radius 2 is 1.79 bits per heavy atom. The Morgan fingerprint density at radius 3 is 2.47 bits per heavy atom. The number of carbonyl (C=O) groups excluding carboxylic acids is 1. The molecule has 0 aliphatic carbocycles. The van der Waals surface area contributed by atoms with Crippen molar-refractivity contribution >= 4 is 40.5 Å². The Hall–Kier alpha value is -1.91. The zero-order chi connectivity index (χ0) is 13.7. The van der Waals surface area contributed by atoms with E-state index in [0.717, 1.165) is 0 Å². The average molecular weight is 291 g/mol. The third kappa shape index (κ3) is 4.05. The highest BCUT2D eigenvalue weighted by atomic mass is 35.5. The molecule has 2 aromatic rings. The summed E-state index contributed by atoms with van der Waals surface area (Å²) in [6, 6.07) is 15.8. The average Bonchev–Trinajstić information content (AvgIpc) is 2.39. The van der Waals surface area contributed by atoms with Crippen molar-refractivity contribution in [1.29, 1.82) is 0 Å². The van der Waals surface area contributed by atoms with Gasteiger partial charge in [0, 0.05) is 16.3 Å². The van der Waals surface area contributed by atoms with E-state index in [0.29, 0.717) is 21.3 Å². The number of benzene rings is 2. The van der Waals surface area contributed by atoms with Gasteiger partial charge in [0.2, 0.25) is 0 Å². The van der Waals surface area contributed by atoms with Crippen LogP contribution >= 0.6 is 23.8 Å². The molecule has 96 valence electrons. The van der Waals surface area contributed by atoms with Gasteiger partial charge in [-0.1, -0.05) is 54.2 Å². The maximum Gasteiger partial charge on any atom is 0.324 e. The molecule has 0 radical (unpaired) electrons. The minimum atomic E-state index is -0.379. The van der Waals surface area contributed by atoms with E-state index in [2.05, 4.69) is 10.6 Å². The number of urea groups is 1. The summed E-state index contributed by atoms with van der Waals surface area (Å²) in [6.07, 6.45) is 0.